The van der Waals surface area contributed by atoms with Gasteiger partial charge in [0.1, 0.15) is 5.75 Å². The van der Waals surface area contributed by atoms with Crippen LogP contribution in [-0.4, -0.2) is 41.0 Å². The first-order chi connectivity index (χ1) is 11.4. The van der Waals surface area contributed by atoms with Crippen LogP contribution < -0.4 is 11.1 Å². The average molecular weight is 333 g/mol. The van der Waals surface area contributed by atoms with E-state index in [1.165, 1.54) is 0 Å². The van der Waals surface area contributed by atoms with E-state index in [0.29, 0.717) is 19.0 Å². The fourth-order valence-corrected chi connectivity index (χ4v) is 2.44. The monoisotopic (exact) mass is 333 g/mol. The normalized spacial score (nSPS) is 15.2. The summed E-state index contributed by atoms with van der Waals surface area (Å²) in [5.74, 6) is 0.314. The van der Waals surface area contributed by atoms with Crippen LogP contribution in [0.15, 0.2) is 24.3 Å². The van der Waals surface area contributed by atoms with Gasteiger partial charge >= 0.3 is 0 Å². The SMILES string of the molecule is CC(C)[C@H](N)C(=O)NCC(=O)N(Cc1cccc(O)c1)CC1CC1. The molecule has 2 amide bonds. The number of carbonyl (C=O) groups excluding carboxylic acids is 2. The highest BCUT2D eigenvalue weighted by Gasteiger charge is 2.27. The Morgan fingerprint density at radius 1 is 1.38 bits per heavy atom. The van der Waals surface area contributed by atoms with Crippen molar-refractivity contribution in [3.05, 3.63) is 29.8 Å². The van der Waals surface area contributed by atoms with Crippen molar-refractivity contribution in [1.29, 1.82) is 0 Å². The molecule has 1 saturated carbocycles. The number of aromatic hydroxyl groups is 1. The van der Waals surface area contributed by atoms with E-state index in [-0.39, 0.29) is 30.0 Å². The maximum atomic E-state index is 12.5. The zero-order valence-corrected chi connectivity index (χ0v) is 14.4. The number of nitrogens with two attached hydrogens (primary N) is 1. The molecule has 0 spiro atoms. The lowest BCUT2D eigenvalue weighted by Crippen LogP contribution is -2.48. The number of amides is 2. The van der Waals surface area contributed by atoms with Crippen LogP contribution in [0.3, 0.4) is 0 Å². The molecular weight excluding hydrogens is 306 g/mol. The maximum Gasteiger partial charge on any atom is 0.242 e. The third kappa shape index (κ3) is 5.53. The first-order valence-corrected chi connectivity index (χ1v) is 8.45. The summed E-state index contributed by atoms with van der Waals surface area (Å²) in [4.78, 5) is 26.2. The summed E-state index contributed by atoms with van der Waals surface area (Å²) in [5.41, 5.74) is 6.66. The molecule has 0 radical (unpaired) electrons. The van der Waals surface area contributed by atoms with Crippen LogP contribution in [0, 0.1) is 11.8 Å². The molecule has 0 saturated heterocycles. The molecule has 1 aromatic rings. The van der Waals surface area contributed by atoms with E-state index in [4.69, 9.17) is 5.73 Å². The van der Waals surface area contributed by atoms with Gasteiger partial charge < -0.3 is 21.1 Å². The molecule has 1 aliphatic carbocycles. The van der Waals surface area contributed by atoms with Gasteiger partial charge in [-0.25, -0.2) is 0 Å². The summed E-state index contributed by atoms with van der Waals surface area (Å²) in [6, 6.07) is 6.28. The van der Waals surface area contributed by atoms with Crippen LogP contribution >= 0.6 is 0 Å². The fourth-order valence-electron chi connectivity index (χ4n) is 2.44. The van der Waals surface area contributed by atoms with Gasteiger partial charge in [-0.2, -0.15) is 0 Å². The number of benzene rings is 1. The molecule has 0 heterocycles. The van der Waals surface area contributed by atoms with Crippen molar-refractivity contribution in [1.82, 2.24) is 10.2 Å². The molecular formula is C18H27N3O3. The predicted molar refractivity (Wildman–Crippen MR) is 92.1 cm³/mol. The molecule has 6 nitrogen and oxygen atoms in total. The van der Waals surface area contributed by atoms with E-state index in [0.717, 1.165) is 18.4 Å². The van der Waals surface area contributed by atoms with Gasteiger partial charge in [0.15, 0.2) is 0 Å². The summed E-state index contributed by atoms with van der Waals surface area (Å²) >= 11 is 0. The Labute approximate surface area is 143 Å². The highest BCUT2D eigenvalue weighted by molar-refractivity contribution is 5.87. The van der Waals surface area contributed by atoms with Gasteiger partial charge in [0.05, 0.1) is 12.6 Å². The molecule has 24 heavy (non-hydrogen) atoms. The van der Waals surface area contributed by atoms with Gasteiger partial charge in [0.2, 0.25) is 11.8 Å². The molecule has 4 N–H and O–H groups in total. The van der Waals surface area contributed by atoms with E-state index in [1.807, 2.05) is 19.9 Å². The van der Waals surface area contributed by atoms with Crippen LogP contribution in [0.1, 0.15) is 32.3 Å². The minimum atomic E-state index is -0.610. The molecule has 6 heteroatoms. The quantitative estimate of drug-likeness (QED) is 0.667. The van der Waals surface area contributed by atoms with Crippen LogP contribution in [-0.2, 0) is 16.1 Å². The van der Waals surface area contributed by atoms with Crippen molar-refractivity contribution < 1.29 is 14.7 Å². The second-order valence-electron chi connectivity index (χ2n) is 6.88. The zero-order chi connectivity index (χ0) is 17.7. The average Bonchev–Trinajstić information content (AvgIpc) is 3.34. The zero-order valence-electron chi connectivity index (χ0n) is 14.4. The molecule has 0 aromatic heterocycles. The fraction of sp³-hybridized carbons (Fsp3) is 0.556. The third-order valence-electron chi connectivity index (χ3n) is 4.25. The number of carbonyl (C=O) groups is 2. The summed E-state index contributed by atoms with van der Waals surface area (Å²) in [5, 5.41) is 12.2. The second kappa shape index (κ2) is 8.15. The third-order valence-corrected chi connectivity index (χ3v) is 4.25. The van der Waals surface area contributed by atoms with Gasteiger partial charge in [-0.15, -0.1) is 0 Å². The second-order valence-corrected chi connectivity index (χ2v) is 6.88. The number of phenols is 1. The highest BCUT2D eigenvalue weighted by Crippen LogP contribution is 2.30. The van der Waals surface area contributed by atoms with Crippen molar-refractivity contribution in [2.75, 3.05) is 13.1 Å². The summed E-state index contributed by atoms with van der Waals surface area (Å²) in [7, 11) is 0. The van der Waals surface area contributed by atoms with Crippen molar-refractivity contribution in [2.45, 2.75) is 39.3 Å². The standard InChI is InChI=1S/C18H27N3O3/c1-12(2)17(19)18(24)20-9-16(23)21(10-13-6-7-13)11-14-4-3-5-15(22)8-14/h3-5,8,12-13,17,22H,6-7,9-11,19H2,1-2H3,(H,20,24)/t17-/m0/s1. The first-order valence-electron chi connectivity index (χ1n) is 8.45. The Kier molecular flexibility index (Phi) is 6.20. The van der Waals surface area contributed by atoms with E-state index in [2.05, 4.69) is 5.32 Å². The topological polar surface area (TPSA) is 95.7 Å². The molecule has 1 atom stereocenters. The van der Waals surface area contributed by atoms with Crippen LogP contribution in [0.5, 0.6) is 5.75 Å². The highest BCUT2D eigenvalue weighted by atomic mass is 16.3. The molecule has 0 aliphatic heterocycles. The Morgan fingerprint density at radius 3 is 2.67 bits per heavy atom. The summed E-state index contributed by atoms with van der Waals surface area (Å²) in [6.07, 6.45) is 2.27. The number of nitrogens with one attached hydrogen (secondary N) is 1. The van der Waals surface area contributed by atoms with Crippen molar-refractivity contribution in [3.8, 4) is 5.75 Å². The first kappa shape index (κ1) is 18.3. The molecule has 0 unspecified atom stereocenters. The van der Waals surface area contributed by atoms with Gasteiger partial charge in [-0.1, -0.05) is 26.0 Å². The van der Waals surface area contributed by atoms with Crippen LogP contribution in [0.25, 0.3) is 0 Å². The molecule has 2 rings (SSSR count). The summed E-state index contributed by atoms with van der Waals surface area (Å²) in [6.45, 7) is 4.79. The van der Waals surface area contributed by atoms with Crippen molar-refractivity contribution in [3.63, 3.8) is 0 Å². The van der Waals surface area contributed by atoms with E-state index in [9.17, 15) is 14.7 Å². The molecule has 1 aliphatic rings. The number of hydrogen-bond donors (Lipinski definition) is 3. The number of phenolic OH excluding ortho intramolecular Hbond substituents is 1. The Bertz CT molecular complexity index is 585. The summed E-state index contributed by atoms with van der Waals surface area (Å²) < 4.78 is 0. The van der Waals surface area contributed by atoms with Gasteiger partial charge in [0, 0.05) is 13.1 Å². The molecule has 0 bridgehead atoms. The Balaban J connectivity index is 1.93. The van der Waals surface area contributed by atoms with Crippen LogP contribution in [0.4, 0.5) is 0 Å². The smallest absolute Gasteiger partial charge is 0.242 e. The minimum Gasteiger partial charge on any atom is -0.508 e. The molecule has 132 valence electrons. The van der Waals surface area contributed by atoms with E-state index in [1.54, 1.807) is 23.1 Å². The van der Waals surface area contributed by atoms with Gasteiger partial charge in [-0.05, 0) is 42.4 Å². The Morgan fingerprint density at radius 2 is 2.08 bits per heavy atom. The van der Waals surface area contributed by atoms with Crippen molar-refractivity contribution >= 4 is 11.8 Å². The number of nitrogens with zero attached hydrogens (tertiary/aromatic N) is 1. The number of rotatable bonds is 8. The lowest BCUT2D eigenvalue weighted by Gasteiger charge is -2.24. The van der Waals surface area contributed by atoms with Crippen LogP contribution in [0.2, 0.25) is 0 Å². The largest absolute Gasteiger partial charge is 0.508 e. The van der Waals surface area contributed by atoms with Gasteiger partial charge in [0.25, 0.3) is 0 Å². The predicted octanol–water partition coefficient (Wildman–Crippen LogP) is 1.23. The maximum absolute atomic E-state index is 12.5. The minimum absolute atomic E-state index is 0.0231. The molecule has 1 fully saturated rings. The van der Waals surface area contributed by atoms with Crippen molar-refractivity contribution in [2.24, 2.45) is 17.6 Å². The molecule has 1 aromatic carbocycles. The Hall–Kier alpha value is -2.08. The number of hydrogen-bond acceptors (Lipinski definition) is 4. The lowest BCUT2D eigenvalue weighted by atomic mass is 10.1. The van der Waals surface area contributed by atoms with E-state index < -0.39 is 6.04 Å². The van der Waals surface area contributed by atoms with E-state index >= 15 is 0 Å². The van der Waals surface area contributed by atoms with Gasteiger partial charge in [-0.3, -0.25) is 9.59 Å². The lowest BCUT2D eigenvalue weighted by molar-refractivity contribution is -0.134.